The largest absolute Gasteiger partial charge is 0.325 e. The summed E-state index contributed by atoms with van der Waals surface area (Å²) in [5.41, 5.74) is 0.717. The summed E-state index contributed by atoms with van der Waals surface area (Å²) in [7, 11) is 1.92. The third-order valence-corrected chi connectivity index (χ3v) is 2.39. The summed E-state index contributed by atoms with van der Waals surface area (Å²) in [5.74, 6) is 0.517. The topological polar surface area (TPSA) is 55.1 Å². The van der Waals surface area contributed by atoms with Crippen LogP contribution in [0.1, 0.15) is 13.8 Å². The second kappa shape index (κ2) is 4.30. The zero-order chi connectivity index (χ0) is 11.5. The van der Waals surface area contributed by atoms with Crippen LogP contribution in [0.15, 0.2) is 28.9 Å². The molecule has 0 amide bonds. The van der Waals surface area contributed by atoms with Crippen LogP contribution in [-0.2, 0) is 0 Å². The third-order valence-electron chi connectivity index (χ3n) is 2.39. The van der Waals surface area contributed by atoms with Crippen molar-refractivity contribution in [2.75, 3.05) is 11.9 Å². The first-order valence-corrected chi connectivity index (χ1v) is 5.16. The minimum atomic E-state index is 0.317. The van der Waals surface area contributed by atoms with Crippen molar-refractivity contribution in [3.05, 3.63) is 24.4 Å². The Hall–Kier alpha value is -1.91. The predicted octanol–water partition coefficient (Wildman–Crippen LogP) is 1.98. The van der Waals surface area contributed by atoms with Crippen molar-refractivity contribution in [3.8, 4) is 11.5 Å². The molecule has 0 aromatic carbocycles. The van der Waals surface area contributed by atoms with E-state index in [-0.39, 0.29) is 0 Å². The fourth-order valence-electron chi connectivity index (χ4n) is 1.18. The standard InChI is InChI=1S/C11H14N4O/c1-8(2)15(3)11-13-10(14-16-11)9-6-4-5-7-12-9/h4-8H,1-3H3. The van der Waals surface area contributed by atoms with Gasteiger partial charge in [-0.2, -0.15) is 4.98 Å². The Balaban J connectivity index is 2.27. The lowest BCUT2D eigenvalue weighted by Gasteiger charge is -2.17. The fraction of sp³-hybridized carbons (Fsp3) is 0.364. The lowest BCUT2D eigenvalue weighted by Crippen LogP contribution is -2.25. The molecule has 0 fully saturated rings. The smallest absolute Gasteiger partial charge is 0.324 e. The van der Waals surface area contributed by atoms with Crippen molar-refractivity contribution >= 4 is 6.01 Å². The second-order valence-corrected chi connectivity index (χ2v) is 3.82. The molecule has 84 valence electrons. The molecule has 0 saturated carbocycles. The molecule has 0 spiro atoms. The highest BCUT2D eigenvalue weighted by Crippen LogP contribution is 2.17. The molecule has 0 unspecified atom stereocenters. The maximum Gasteiger partial charge on any atom is 0.324 e. The van der Waals surface area contributed by atoms with Crippen LogP contribution in [0, 0.1) is 0 Å². The van der Waals surface area contributed by atoms with Crippen molar-refractivity contribution in [1.82, 2.24) is 15.1 Å². The molecule has 0 N–H and O–H groups in total. The van der Waals surface area contributed by atoms with Crippen LogP contribution in [0.3, 0.4) is 0 Å². The van der Waals surface area contributed by atoms with E-state index >= 15 is 0 Å². The number of hydrogen-bond donors (Lipinski definition) is 0. The highest BCUT2D eigenvalue weighted by atomic mass is 16.5. The average molecular weight is 218 g/mol. The van der Waals surface area contributed by atoms with E-state index in [1.807, 2.05) is 30.1 Å². The molecule has 0 aliphatic heterocycles. The molecule has 2 heterocycles. The van der Waals surface area contributed by atoms with Gasteiger partial charge in [0.25, 0.3) is 0 Å². The maximum atomic E-state index is 5.17. The van der Waals surface area contributed by atoms with Crippen LogP contribution in [-0.4, -0.2) is 28.2 Å². The van der Waals surface area contributed by atoms with Crippen LogP contribution in [0.25, 0.3) is 11.5 Å². The van der Waals surface area contributed by atoms with Gasteiger partial charge in [0.2, 0.25) is 5.82 Å². The van der Waals surface area contributed by atoms with Gasteiger partial charge >= 0.3 is 6.01 Å². The van der Waals surface area contributed by atoms with Gasteiger partial charge in [0, 0.05) is 19.3 Å². The monoisotopic (exact) mass is 218 g/mol. The summed E-state index contributed by atoms with van der Waals surface area (Å²) in [6.07, 6.45) is 1.71. The molecule has 2 aromatic heterocycles. The molecule has 16 heavy (non-hydrogen) atoms. The lowest BCUT2D eigenvalue weighted by molar-refractivity contribution is 0.413. The number of nitrogens with zero attached hydrogens (tertiary/aromatic N) is 4. The van der Waals surface area contributed by atoms with Gasteiger partial charge in [0.15, 0.2) is 0 Å². The molecule has 0 aliphatic carbocycles. The minimum Gasteiger partial charge on any atom is -0.325 e. The van der Waals surface area contributed by atoms with Crippen molar-refractivity contribution in [2.45, 2.75) is 19.9 Å². The van der Waals surface area contributed by atoms with Gasteiger partial charge in [-0.15, -0.1) is 0 Å². The maximum absolute atomic E-state index is 5.17. The van der Waals surface area contributed by atoms with E-state index in [1.165, 1.54) is 0 Å². The predicted molar refractivity (Wildman–Crippen MR) is 61.1 cm³/mol. The first kappa shape index (κ1) is 10.6. The molecule has 0 radical (unpaired) electrons. The van der Waals surface area contributed by atoms with Gasteiger partial charge in [-0.25, -0.2) is 0 Å². The first-order valence-electron chi connectivity index (χ1n) is 5.16. The van der Waals surface area contributed by atoms with E-state index in [4.69, 9.17) is 4.52 Å². The lowest BCUT2D eigenvalue weighted by atomic mass is 10.3. The summed E-state index contributed by atoms with van der Waals surface area (Å²) < 4.78 is 5.17. The van der Waals surface area contributed by atoms with Crippen LogP contribution >= 0.6 is 0 Å². The van der Waals surface area contributed by atoms with Crippen LogP contribution in [0.5, 0.6) is 0 Å². The van der Waals surface area contributed by atoms with Crippen molar-refractivity contribution < 1.29 is 4.52 Å². The molecule has 2 aromatic rings. The molecule has 0 bridgehead atoms. The van der Waals surface area contributed by atoms with Crippen molar-refractivity contribution in [3.63, 3.8) is 0 Å². The number of rotatable bonds is 3. The molecule has 0 saturated heterocycles. The van der Waals surface area contributed by atoms with E-state index in [0.29, 0.717) is 17.9 Å². The Bertz CT molecular complexity index is 452. The second-order valence-electron chi connectivity index (χ2n) is 3.82. The molecule has 5 heteroatoms. The van der Waals surface area contributed by atoms with Crippen LogP contribution in [0.4, 0.5) is 6.01 Å². The molecule has 0 atom stereocenters. The Morgan fingerprint density at radius 1 is 1.31 bits per heavy atom. The van der Waals surface area contributed by atoms with E-state index in [0.717, 1.165) is 5.69 Å². The number of anilines is 1. The Kier molecular flexibility index (Phi) is 2.85. The Morgan fingerprint density at radius 3 is 2.75 bits per heavy atom. The highest BCUT2D eigenvalue weighted by molar-refractivity contribution is 5.49. The van der Waals surface area contributed by atoms with E-state index < -0.39 is 0 Å². The molecular formula is C11H14N4O. The van der Waals surface area contributed by atoms with E-state index in [1.54, 1.807) is 6.20 Å². The van der Waals surface area contributed by atoms with Gasteiger partial charge in [-0.05, 0) is 26.0 Å². The number of hydrogen-bond acceptors (Lipinski definition) is 5. The quantitative estimate of drug-likeness (QED) is 0.788. The van der Waals surface area contributed by atoms with Crippen LogP contribution in [0.2, 0.25) is 0 Å². The Labute approximate surface area is 94.1 Å². The van der Waals surface area contributed by atoms with Crippen molar-refractivity contribution in [2.24, 2.45) is 0 Å². The third kappa shape index (κ3) is 2.03. The van der Waals surface area contributed by atoms with E-state index in [9.17, 15) is 0 Å². The van der Waals surface area contributed by atoms with Gasteiger partial charge in [-0.1, -0.05) is 11.2 Å². The summed E-state index contributed by atoms with van der Waals surface area (Å²) in [6.45, 7) is 4.12. The van der Waals surface area contributed by atoms with Gasteiger partial charge in [0.05, 0.1) is 0 Å². The summed E-state index contributed by atoms with van der Waals surface area (Å²) in [6, 6.07) is 6.42. The normalized spacial score (nSPS) is 10.8. The van der Waals surface area contributed by atoms with Gasteiger partial charge < -0.3 is 9.42 Å². The number of pyridine rings is 1. The molecule has 5 nitrogen and oxygen atoms in total. The summed E-state index contributed by atoms with van der Waals surface area (Å²) in [5, 5.41) is 3.90. The minimum absolute atomic E-state index is 0.317. The van der Waals surface area contributed by atoms with Gasteiger partial charge in [0.1, 0.15) is 5.69 Å². The van der Waals surface area contributed by atoms with Gasteiger partial charge in [-0.3, -0.25) is 4.98 Å². The molecular weight excluding hydrogens is 204 g/mol. The fourth-order valence-corrected chi connectivity index (χ4v) is 1.18. The zero-order valence-electron chi connectivity index (χ0n) is 9.58. The summed E-state index contributed by atoms with van der Waals surface area (Å²) >= 11 is 0. The molecule has 0 aliphatic rings. The average Bonchev–Trinajstić information content (AvgIpc) is 2.78. The number of aromatic nitrogens is 3. The first-order chi connectivity index (χ1) is 7.68. The molecule has 2 rings (SSSR count). The zero-order valence-corrected chi connectivity index (χ0v) is 9.58. The Morgan fingerprint density at radius 2 is 2.12 bits per heavy atom. The summed E-state index contributed by atoms with van der Waals surface area (Å²) in [4.78, 5) is 10.4. The van der Waals surface area contributed by atoms with Crippen LogP contribution < -0.4 is 4.90 Å². The van der Waals surface area contributed by atoms with E-state index in [2.05, 4.69) is 29.0 Å². The highest BCUT2D eigenvalue weighted by Gasteiger charge is 2.14. The van der Waals surface area contributed by atoms with Crippen molar-refractivity contribution in [1.29, 1.82) is 0 Å². The SMILES string of the molecule is CC(C)N(C)c1nc(-c2ccccn2)no1.